The Bertz CT molecular complexity index is 1530. The van der Waals surface area contributed by atoms with E-state index in [0.717, 1.165) is 36.2 Å². The van der Waals surface area contributed by atoms with Crippen molar-refractivity contribution in [3.63, 3.8) is 0 Å². The molecule has 0 aliphatic carbocycles. The van der Waals surface area contributed by atoms with Crippen LogP contribution in [0.4, 0.5) is 5.82 Å². The molecule has 36 heavy (non-hydrogen) atoms. The Labute approximate surface area is 209 Å². The SMILES string of the molecule is N#Cc1ccccc1Cn1c(N2CCC[C@@H](N)C2)cc(=O)n(Cc2cccc(-n3cccc3)c2)c1=O. The van der Waals surface area contributed by atoms with Crippen LogP contribution in [0.5, 0.6) is 0 Å². The Hall–Kier alpha value is -4.35. The second-order valence-electron chi connectivity index (χ2n) is 9.17. The fourth-order valence-corrected chi connectivity index (χ4v) is 4.82. The maximum Gasteiger partial charge on any atom is 0.333 e. The summed E-state index contributed by atoms with van der Waals surface area (Å²) in [5, 5.41) is 9.59. The van der Waals surface area contributed by atoms with Gasteiger partial charge in [0.15, 0.2) is 0 Å². The molecular weight excluding hydrogens is 452 g/mol. The largest absolute Gasteiger partial charge is 0.356 e. The molecule has 0 bridgehead atoms. The van der Waals surface area contributed by atoms with Crippen molar-refractivity contribution in [3.05, 3.63) is 117 Å². The minimum atomic E-state index is -0.407. The van der Waals surface area contributed by atoms with E-state index in [2.05, 4.69) is 6.07 Å². The normalized spacial score (nSPS) is 15.6. The molecule has 2 aromatic heterocycles. The zero-order chi connectivity index (χ0) is 25.1. The van der Waals surface area contributed by atoms with E-state index in [1.54, 1.807) is 16.7 Å². The molecule has 182 valence electrons. The highest BCUT2D eigenvalue weighted by atomic mass is 16.2. The van der Waals surface area contributed by atoms with Crippen LogP contribution < -0.4 is 21.9 Å². The molecular formula is C28H28N6O2. The first-order chi connectivity index (χ1) is 17.5. The molecule has 8 heteroatoms. The third-order valence-electron chi connectivity index (χ3n) is 6.66. The van der Waals surface area contributed by atoms with E-state index >= 15 is 0 Å². The van der Waals surface area contributed by atoms with Crippen LogP contribution >= 0.6 is 0 Å². The van der Waals surface area contributed by atoms with E-state index in [9.17, 15) is 14.9 Å². The van der Waals surface area contributed by atoms with Gasteiger partial charge >= 0.3 is 5.69 Å². The minimum absolute atomic E-state index is 0.0208. The summed E-state index contributed by atoms with van der Waals surface area (Å²) in [6.07, 6.45) is 5.69. The number of hydrogen-bond acceptors (Lipinski definition) is 5. The van der Waals surface area contributed by atoms with Crippen molar-refractivity contribution >= 4 is 5.82 Å². The van der Waals surface area contributed by atoms with Crippen LogP contribution in [0.15, 0.2) is 88.7 Å². The van der Waals surface area contributed by atoms with Gasteiger partial charge in [-0.15, -0.1) is 0 Å². The summed E-state index contributed by atoms with van der Waals surface area (Å²) in [4.78, 5) is 29.1. The van der Waals surface area contributed by atoms with E-state index < -0.39 is 5.69 Å². The first-order valence-electron chi connectivity index (χ1n) is 12.1. The summed E-state index contributed by atoms with van der Waals surface area (Å²) in [5.74, 6) is 0.547. The highest BCUT2D eigenvalue weighted by molar-refractivity contribution is 5.43. The summed E-state index contributed by atoms with van der Waals surface area (Å²) in [6.45, 7) is 1.62. The third-order valence-corrected chi connectivity index (χ3v) is 6.66. The molecule has 2 N–H and O–H groups in total. The van der Waals surface area contributed by atoms with Gasteiger partial charge in [0.05, 0.1) is 24.7 Å². The molecule has 0 amide bonds. The van der Waals surface area contributed by atoms with Gasteiger partial charge in [-0.1, -0.05) is 30.3 Å². The molecule has 0 radical (unpaired) electrons. The third kappa shape index (κ3) is 4.74. The van der Waals surface area contributed by atoms with Gasteiger partial charge in [-0.3, -0.25) is 13.9 Å². The van der Waals surface area contributed by atoms with Crippen molar-refractivity contribution in [3.8, 4) is 11.8 Å². The minimum Gasteiger partial charge on any atom is -0.356 e. The molecule has 2 aromatic carbocycles. The number of aromatic nitrogens is 3. The lowest BCUT2D eigenvalue weighted by atomic mass is 10.1. The fraction of sp³-hybridized carbons (Fsp3) is 0.250. The molecule has 1 atom stereocenters. The van der Waals surface area contributed by atoms with Crippen molar-refractivity contribution in [1.82, 2.24) is 13.7 Å². The molecule has 3 heterocycles. The summed E-state index contributed by atoms with van der Waals surface area (Å²) in [6, 6.07) is 22.6. The standard InChI is InChI=1S/C28H28N6O2/c29-17-22-8-1-2-9-23(22)19-33-26(32-14-6-10-24(30)20-32)16-27(35)34(28(33)36)18-21-7-5-11-25(15-21)31-12-3-4-13-31/h1-5,7-9,11-13,15-16,24H,6,10,14,18-20,30H2/t24-/m1/s1. The second-order valence-corrected chi connectivity index (χ2v) is 9.17. The second kappa shape index (κ2) is 10.1. The van der Waals surface area contributed by atoms with Gasteiger partial charge in [-0.05, 0) is 54.3 Å². The summed E-state index contributed by atoms with van der Waals surface area (Å²) < 4.78 is 4.84. The molecule has 8 nitrogen and oxygen atoms in total. The number of piperidine rings is 1. The van der Waals surface area contributed by atoms with Gasteiger partial charge in [-0.2, -0.15) is 5.26 Å². The van der Waals surface area contributed by atoms with E-state index in [1.165, 1.54) is 10.6 Å². The van der Waals surface area contributed by atoms with Crippen molar-refractivity contribution in [1.29, 1.82) is 5.26 Å². The number of anilines is 1. The van der Waals surface area contributed by atoms with Crippen molar-refractivity contribution in [2.75, 3.05) is 18.0 Å². The van der Waals surface area contributed by atoms with E-state index in [4.69, 9.17) is 5.73 Å². The lowest BCUT2D eigenvalue weighted by molar-refractivity contribution is 0.490. The predicted molar refractivity (Wildman–Crippen MR) is 140 cm³/mol. The quantitative estimate of drug-likeness (QED) is 0.457. The Kier molecular flexibility index (Phi) is 6.56. The molecule has 1 aliphatic heterocycles. The monoisotopic (exact) mass is 480 g/mol. The molecule has 4 aromatic rings. The van der Waals surface area contributed by atoms with Crippen LogP contribution in [-0.4, -0.2) is 32.8 Å². The van der Waals surface area contributed by atoms with Crippen LogP contribution in [0.2, 0.25) is 0 Å². The van der Waals surface area contributed by atoms with E-state index in [0.29, 0.717) is 17.9 Å². The molecule has 0 unspecified atom stereocenters. The van der Waals surface area contributed by atoms with Crippen LogP contribution in [0.25, 0.3) is 5.69 Å². The highest BCUT2D eigenvalue weighted by Crippen LogP contribution is 2.20. The van der Waals surface area contributed by atoms with Gasteiger partial charge in [0.1, 0.15) is 5.82 Å². The van der Waals surface area contributed by atoms with Gasteiger partial charge in [-0.25, -0.2) is 4.79 Å². The average molecular weight is 481 g/mol. The Morgan fingerprint density at radius 3 is 2.53 bits per heavy atom. The molecule has 1 aliphatic rings. The summed E-state index contributed by atoms with van der Waals surface area (Å²) in [7, 11) is 0. The average Bonchev–Trinajstić information content (AvgIpc) is 3.44. The Morgan fingerprint density at radius 2 is 1.75 bits per heavy atom. The van der Waals surface area contributed by atoms with Crippen LogP contribution in [0.3, 0.4) is 0 Å². The Morgan fingerprint density at radius 1 is 0.944 bits per heavy atom. The zero-order valence-corrected chi connectivity index (χ0v) is 20.0. The van der Waals surface area contributed by atoms with Gasteiger partial charge in [0.2, 0.25) is 0 Å². The number of hydrogen-bond donors (Lipinski definition) is 1. The van der Waals surface area contributed by atoms with Crippen molar-refractivity contribution in [2.24, 2.45) is 5.73 Å². The summed E-state index contributed by atoms with van der Waals surface area (Å²) in [5.41, 5.74) is 8.48. The first kappa shape index (κ1) is 23.4. The first-order valence-corrected chi connectivity index (χ1v) is 12.1. The number of nitriles is 1. The van der Waals surface area contributed by atoms with E-state index in [-0.39, 0.29) is 24.7 Å². The lowest BCUT2D eigenvalue weighted by Gasteiger charge is -2.34. The molecule has 0 spiro atoms. The van der Waals surface area contributed by atoms with Gasteiger partial charge in [0.25, 0.3) is 5.56 Å². The van der Waals surface area contributed by atoms with E-state index in [1.807, 2.05) is 70.4 Å². The topological polar surface area (TPSA) is 102 Å². The maximum absolute atomic E-state index is 13.8. The van der Waals surface area contributed by atoms with Gasteiger partial charge < -0.3 is 15.2 Å². The maximum atomic E-state index is 13.8. The lowest BCUT2D eigenvalue weighted by Crippen LogP contribution is -2.48. The van der Waals surface area contributed by atoms with Crippen molar-refractivity contribution < 1.29 is 0 Å². The van der Waals surface area contributed by atoms with Crippen molar-refractivity contribution in [2.45, 2.75) is 32.0 Å². The van der Waals surface area contributed by atoms with Crippen LogP contribution in [0, 0.1) is 11.3 Å². The Balaban J connectivity index is 1.59. The number of rotatable bonds is 6. The number of nitrogens with zero attached hydrogens (tertiary/aromatic N) is 5. The summed E-state index contributed by atoms with van der Waals surface area (Å²) >= 11 is 0. The van der Waals surface area contributed by atoms with Crippen LogP contribution in [0.1, 0.15) is 29.5 Å². The molecule has 5 rings (SSSR count). The number of benzene rings is 2. The van der Waals surface area contributed by atoms with Gasteiger partial charge in [0, 0.05) is 43.3 Å². The van der Waals surface area contributed by atoms with Crippen LogP contribution in [-0.2, 0) is 13.1 Å². The smallest absolute Gasteiger partial charge is 0.333 e. The highest BCUT2D eigenvalue weighted by Gasteiger charge is 2.23. The molecule has 0 saturated carbocycles. The predicted octanol–water partition coefficient (Wildman–Crippen LogP) is 2.70. The number of nitrogens with two attached hydrogens (primary N) is 1. The fourth-order valence-electron chi connectivity index (χ4n) is 4.82. The molecule has 1 fully saturated rings. The molecule has 1 saturated heterocycles. The zero-order valence-electron chi connectivity index (χ0n) is 20.0.